The van der Waals surface area contributed by atoms with Gasteiger partial charge in [0.25, 0.3) is 0 Å². The van der Waals surface area contributed by atoms with Crippen LogP contribution in [0.1, 0.15) is 27.8 Å². The van der Waals surface area contributed by atoms with Crippen LogP contribution < -0.4 is 9.47 Å². The summed E-state index contributed by atoms with van der Waals surface area (Å²) < 4.78 is 27.2. The topological polar surface area (TPSA) is 92.3 Å². The standard InChI is InChI=1S/C26H24BrFN4O4S/c1-16-4-10-21(11-5-16)32-17(2)29-30-26(32)37-24(14-31(33)34)19-12-22(27)25(23(13-19)35-3)36-15-18-6-8-20(28)9-7-18/h4-13,24H,14-15H2,1-3H3/t24-/m1/s1. The number of thioether (sulfide) groups is 1. The van der Waals surface area contributed by atoms with Crippen molar-refractivity contribution in [3.05, 3.63) is 104 Å². The lowest BCUT2D eigenvalue weighted by atomic mass is 10.1. The highest BCUT2D eigenvalue weighted by molar-refractivity contribution is 9.10. The van der Waals surface area contributed by atoms with Crippen LogP contribution >= 0.6 is 27.7 Å². The first-order valence-electron chi connectivity index (χ1n) is 11.3. The molecule has 0 spiro atoms. The Bertz CT molecular complexity index is 1400. The molecule has 1 aromatic heterocycles. The fourth-order valence-electron chi connectivity index (χ4n) is 3.69. The van der Waals surface area contributed by atoms with Gasteiger partial charge in [0.15, 0.2) is 16.7 Å². The van der Waals surface area contributed by atoms with Crippen molar-refractivity contribution in [3.63, 3.8) is 0 Å². The molecule has 0 bridgehead atoms. The number of hydrogen-bond acceptors (Lipinski definition) is 7. The van der Waals surface area contributed by atoms with E-state index in [0.717, 1.165) is 16.8 Å². The molecular weight excluding hydrogens is 563 g/mol. The Hall–Kier alpha value is -3.44. The number of nitro groups is 1. The molecule has 1 atom stereocenters. The van der Waals surface area contributed by atoms with Gasteiger partial charge in [0.05, 0.1) is 11.6 Å². The molecule has 4 rings (SSSR count). The molecule has 0 aliphatic rings. The van der Waals surface area contributed by atoms with Crippen LogP contribution in [0, 0.1) is 29.8 Å². The molecule has 8 nitrogen and oxygen atoms in total. The third-order valence-electron chi connectivity index (χ3n) is 5.57. The van der Waals surface area contributed by atoms with Crippen LogP contribution in [0.4, 0.5) is 4.39 Å². The van der Waals surface area contributed by atoms with Crippen LogP contribution in [0.2, 0.25) is 0 Å². The molecule has 0 amide bonds. The van der Waals surface area contributed by atoms with Gasteiger partial charge in [-0.3, -0.25) is 14.7 Å². The van der Waals surface area contributed by atoms with Crippen LogP contribution in [-0.4, -0.2) is 33.3 Å². The van der Waals surface area contributed by atoms with Crippen LogP contribution in [0.5, 0.6) is 11.5 Å². The summed E-state index contributed by atoms with van der Waals surface area (Å²) in [4.78, 5) is 11.3. The molecule has 0 saturated heterocycles. The SMILES string of the molecule is COc1cc([C@@H](C[N+](=O)[O-])Sc2nnc(C)n2-c2ccc(C)cc2)cc(Br)c1OCc1ccc(F)cc1. The second kappa shape index (κ2) is 11.7. The Balaban J connectivity index is 1.64. The summed E-state index contributed by atoms with van der Waals surface area (Å²) in [6.07, 6.45) is 0. The molecule has 0 aliphatic carbocycles. The molecule has 0 N–H and O–H groups in total. The van der Waals surface area contributed by atoms with Gasteiger partial charge in [0.1, 0.15) is 23.5 Å². The van der Waals surface area contributed by atoms with Crippen molar-refractivity contribution in [2.75, 3.05) is 13.7 Å². The van der Waals surface area contributed by atoms with Crippen molar-refractivity contribution in [3.8, 4) is 17.2 Å². The first-order valence-corrected chi connectivity index (χ1v) is 12.9. The zero-order valence-corrected chi connectivity index (χ0v) is 22.8. The molecule has 3 aromatic carbocycles. The second-order valence-electron chi connectivity index (χ2n) is 8.27. The summed E-state index contributed by atoms with van der Waals surface area (Å²) in [7, 11) is 1.50. The first kappa shape index (κ1) is 26.6. The third kappa shape index (κ3) is 6.47. The molecule has 0 aliphatic heterocycles. The lowest BCUT2D eigenvalue weighted by Gasteiger charge is -2.18. The molecule has 0 fully saturated rings. The number of ether oxygens (including phenoxy) is 2. The molecule has 0 unspecified atom stereocenters. The Morgan fingerprint density at radius 1 is 1.11 bits per heavy atom. The monoisotopic (exact) mass is 586 g/mol. The van der Waals surface area contributed by atoms with Gasteiger partial charge in [-0.05, 0) is 77.3 Å². The Kier molecular flexibility index (Phi) is 8.45. The Labute approximate surface area is 226 Å². The van der Waals surface area contributed by atoms with Crippen molar-refractivity contribution in [2.24, 2.45) is 0 Å². The predicted octanol–water partition coefficient (Wildman–Crippen LogP) is 6.48. The van der Waals surface area contributed by atoms with Crippen LogP contribution in [0.15, 0.2) is 70.3 Å². The van der Waals surface area contributed by atoms with E-state index in [1.54, 1.807) is 24.3 Å². The van der Waals surface area contributed by atoms with E-state index in [1.165, 1.54) is 31.0 Å². The maximum Gasteiger partial charge on any atom is 0.220 e. The minimum absolute atomic E-state index is 0.195. The predicted molar refractivity (Wildman–Crippen MR) is 143 cm³/mol. The maximum atomic E-state index is 13.2. The number of methoxy groups -OCH3 is 1. The van der Waals surface area contributed by atoms with E-state index in [0.29, 0.717) is 32.5 Å². The van der Waals surface area contributed by atoms with Gasteiger partial charge in [-0.25, -0.2) is 4.39 Å². The second-order valence-corrected chi connectivity index (χ2v) is 10.3. The number of aromatic nitrogens is 3. The van der Waals surface area contributed by atoms with Crippen molar-refractivity contribution < 1.29 is 18.8 Å². The average molecular weight is 587 g/mol. The fourth-order valence-corrected chi connectivity index (χ4v) is 5.41. The van der Waals surface area contributed by atoms with Gasteiger partial charge in [0, 0.05) is 10.6 Å². The summed E-state index contributed by atoms with van der Waals surface area (Å²) in [6.45, 7) is 3.70. The average Bonchev–Trinajstić information content (AvgIpc) is 3.23. The van der Waals surface area contributed by atoms with E-state index < -0.39 is 5.25 Å². The first-order chi connectivity index (χ1) is 17.7. The van der Waals surface area contributed by atoms with Gasteiger partial charge in [-0.2, -0.15) is 0 Å². The van der Waals surface area contributed by atoms with E-state index in [1.807, 2.05) is 42.7 Å². The normalized spacial score (nSPS) is 11.8. The molecule has 37 heavy (non-hydrogen) atoms. The van der Waals surface area contributed by atoms with Crippen molar-refractivity contribution in [1.82, 2.24) is 14.8 Å². The number of halogens is 2. The number of rotatable bonds is 10. The Morgan fingerprint density at radius 2 is 1.81 bits per heavy atom. The summed E-state index contributed by atoms with van der Waals surface area (Å²) in [5.41, 5.74) is 3.44. The highest BCUT2D eigenvalue weighted by atomic mass is 79.9. The highest BCUT2D eigenvalue weighted by Crippen LogP contribution is 2.43. The molecule has 4 aromatic rings. The maximum absolute atomic E-state index is 13.2. The van der Waals surface area contributed by atoms with Crippen molar-refractivity contribution in [1.29, 1.82) is 0 Å². The highest BCUT2D eigenvalue weighted by Gasteiger charge is 2.26. The number of hydrogen-bond donors (Lipinski definition) is 0. The van der Waals surface area contributed by atoms with Gasteiger partial charge in [0.2, 0.25) is 6.54 Å². The molecule has 0 radical (unpaired) electrons. The smallest absolute Gasteiger partial charge is 0.220 e. The van der Waals surface area contributed by atoms with Crippen LogP contribution in [-0.2, 0) is 6.61 Å². The van der Waals surface area contributed by atoms with Gasteiger partial charge < -0.3 is 9.47 Å². The van der Waals surface area contributed by atoms with E-state index in [-0.39, 0.29) is 23.9 Å². The van der Waals surface area contributed by atoms with Gasteiger partial charge in [-0.1, -0.05) is 41.6 Å². The largest absolute Gasteiger partial charge is 0.493 e. The van der Waals surface area contributed by atoms with E-state index in [9.17, 15) is 14.5 Å². The number of nitrogens with zero attached hydrogens (tertiary/aromatic N) is 4. The van der Waals surface area contributed by atoms with E-state index in [4.69, 9.17) is 9.47 Å². The number of benzene rings is 3. The summed E-state index contributed by atoms with van der Waals surface area (Å²) in [5.74, 6) is 1.21. The molecule has 192 valence electrons. The Morgan fingerprint density at radius 3 is 2.46 bits per heavy atom. The quantitative estimate of drug-likeness (QED) is 0.119. The molecule has 0 saturated carbocycles. The minimum atomic E-state index is -0.584. The zero-order valence-electron chi connectivity index (χ0n) is 20.4. The summed E-state index contributed by atoms with van der Waals surface area (Å²) >= 11 is 4.79. The van der Waals surface area contributed by atoms with Gasteiger partial charge >= 0.3 is 0 Å². The van der Waals surface area contributed by atoms with Crippen LogP contribution in [0.3, 0.4) is 0 Å². The zero-order chi connectivity index (χ0) is 26.5. The van der Waals surface area contributed by atoms with E-state index in [2.05, 4.69) is 26.1 Å². The van der Waals surface area contributed by atoms with E-state index >= 15 is 0 Å². The fraction of sp³-hybridized carbons (Fsp3) is 0.231. The summed E-state index contributed by atoms with van der Waals surface area (Å²) in [6, 6.07) is 17.4. The molecular formula is C26H24BrFN4O4S. The minimum Gasteiger partial charge on any atom is -0.493 e. The lowest BCUT2D eigenvalue weighted by Crippen LogP contribution is -2.12. The lowest BCUT2D eigenvalue weighted by molar-refractivity contribution is -0.479. The van der Waals surface area contributed by atoms with Crippen molar-refractivity contribution >= 4 is 27.7 Å². The van der Waals surface area contributed by atoms with Gasteiger partial charge in [-0.15, -0.1) is 10.2 Å². The van der Waals surface area contributed by atoms with Crippen LogP contribution in [0.25, 0.3) is 5.69 Å². The number of aryl methyl sites for hydroxylation is 2. The third-order valence-corrected chi connectivity index (χ3v) is 7.34. The molecule has 11 heteroatoms. The summed E-state index contributed by atoms with van der Waals surface area (Å²) in [5, 5.41) is 20.1. The molecule has 1 heterocycles. The van der Waals surface area contributed by atoms with Crippen molar-refractivity contribution in [2.45, 2.75) is 30.9 Å².